The summed E-state index contributed by atoms with van der Waals surface area (Å²) in [6.07, 6.45) is 3.79. The minimum Gasteiger partial charge on any atom is -0.482 e. The number of fused-ring (bicyclic) bond motifs is 1. The maximum absolute atomic E-state index is 13.4. The second kappa shape index (κ2) is 12.6. The SMILES string of the molecule is CCCCc1nc2ccc(Br)cc2c(=O)n1N=Cc1cc(Cl)cc(Br)c1OCC(=O)Nc1ccc(F)cc1. The Morgan fingerprint density at radius 3 is 2.68 bits per heavy atom. The fourth-order valence-corrected chi connectivity index (χ4v) is 4.94. The number of halogens is 4. The lowest BCUT2D eigenvalue weighted by atomic mass is 10.2. The fourth-order valence-electron chi connectivity index (χ4n) is 3.63. The van der Waals surface area contributed by atoms with E-state index in [9.17, 15) is 14.0 Å². The van der Waals surface area contributed by atoms with Gasteiger partial charge in [-0.25, -0.2) is 9.37 Å². The molecule has 1 heterocycles. The van der Waals surface area contributed by atoms with Crippen LogP contribution in [-0.4, -0.2) is 28.4 Å². The van der Waals surface area contributed by atoms with Crippen molar-refractivity contribution in [1.29, 1.82) is 0 Å². The average molecular weight is 665 g/mol. The summed E-state index contributed by atoms with van der Waals surface area (Å²) in [6.45, 7) is 1.73. The van der Waals surface area contributed by atoms with Gasteiger partial charge in [0.2, 0.25) is 0 Å². The summed E-state index contributed by atoms with van der Waals surface area (Å²) in [5.74, 6) is 0.000389. The van der Waals surface area contributed by atoms with Crippen LogP contribution < -0.4 is 15.6 Å². The van der Waals surface area contributed by atoms with E-state index in [1.807, 2.05) is 6.07 Å². The molecule has 0 radical (unpaired) electrons. The summed E-state index contributed by atoms with van der Waals surface area (Å²) >= 11 is 13.1. The van der Waals surface area contributed by atoms with E-state index in [0.29, 0.717) is 49.6 Å². The van der Waals surface area contributed by atoms with Crippen molar-refractivity contribution in [2.24, 2.45) is 5.10 Å². The van der Waals surface area contributed by atoms with Gasteiger partial charge in [-0.05, 0) is 76.9 Å². The van der Waals surface area contributed by atoms with Crippen molar-refractivity contribution in [2.45, 2.75) is 26.2 Å². The van der Waals surface area contributed by atoms with Gasteiger partial charge in [0, 0.05) is 27.2 Å². The fraction of sp³-hybridized carbons (Fsp3) is 0.185. The number of nitrogens with zero attached hydrogens (tertiary/aromatic N) is 3. The number of carbonyl (C=O) groups excluding carboxylic acids is 1. The molecule has 0 saturated carbocycles. The smallest absolute Gasteiger partial charge is 0.282 e. The second-order valence-corrected chi connectivity index (χ2v) is 10.5. The van der Waals surface area contributed by atoms with Gasteiger partial charge < -0.3 is 10.1 Å². The van der Waals surface area contributed by atoms with Crippen LogP contribution in [0.5, 0.6) is 5.75 Å². The van der Waals surface area contributed by atoms with Crippen molar-refractivity contribution < 1.29 is 13.9 Å². The Morgan fingerprint density at radius 1 is 1.18 bits per heavy atom. The number of rotatable bonds is 9. The molecule has 0 saturated heterocycles. The molecule has 1 N–H and O–H groups in total. The van der Waals surface area contributed by atoms with Crippen LogP contribution in [-0.2, 0) is 11.2 Å². The van der Waals surface area contributed by atoms with E-state index in [0.717, 1.165) is 17.3 Å². The van der Waals surface area contributed by atoms with Crippen LogP contribution in [0.4, 0.5) is 10.1 Å². The molecule has 0 atom stereocenters. The van der Waals surface area contributed by atoms with Gasteiger partial charge in [0.05, 0.1) is 21.6 Å². The molecule has 4 aromatic rings. The van der Waals surface area contributed by atoms with E-state index in [1.54, 1.807) is 24.3 Å². The highest BCUT2D eigenvalue weighted by atomic mass is 79.9. The highest BCUT2D eigenvalue weighted by Crippen LogP contribution is 2.32. The molecular weight excluding hydrogens is 643 g/mol. The number of benzene rings is 3. The molecule has 3 aromatic carbocycles. The van der Waals surface area contributed by atoms with Gasteiger partial charge in [0.1, 0.15) is 17.4 Å². The van der Waals surface area contributed by atoms with Crippen LogP contribution in [0.2, 0.25) is 5.02 Å². The Bertz CT molecular complexity index is 1580. The standard InChI is InChI=1S/C27H22Br2ClFN4O3/c1-2-3-4-24-34-23-10-5-17(28)12-21(23)27(37)35(24)32-14-16-11-18(30)13-22(29)26(16)38-15-25(36)33-20-8-6-19(31)7-9-20/h5-14H,2-4,15H2,1H3,(H,33,36). The number of hydrogen-bond acceptors (Lipinski definition) is 5. The number of carbonyl (C=O) groups is 1. The summed E-state index contributed by atoms with van der Waals surface area (Å²) in [4.78, 5) is 30.5. The summed E-state index contributed by atoms with van der Waals surface area (Å²) in [6, 6.07) is 14.0. The molecule has 1 amide bonds. The zero-order chi connectivity index (χ0) is 27.2. The maximum Gasteiger partial charge on any atom is 0.282 e. The van der Waals surface area contributed by atoms with Crippen molar-refractivity contribution in [3.05, 3.63) is 96.1 Å². The second-order valence-electron chi connectivity index (χ2n) is 8.30. The molecule has 0 bridgehead atoms. The van der Waals surface area contributed by atoms with E-state index in [4.69, 9.17) is 16.3 Å². The van der Waals surface area contributed by atoms with Crippen molar-refractivity contribution in [3.8, 4) is 5.75 Å². The number of amides is 1. The predicted octanol–water partition coefficient (Wildman–Crippen LogP) is 6.96. The molecule has 4 rings (SSSR count). The molecule has 0 unspecified atom stereocenters. The molecule has 196 valence electrons. The van der Waals surface area contributed by atoms with Gasteiger partial charge in [-0.3, -0.25) is 9.59 Å². The van der Waals surface area contributed by atoms with Gasteiger partial charge >= 0.3 is 0 Å². The molecule has 38 heavy (non-hydrogen) atoms. The molecule has 0 aliphatic rings. The molecular formula is C27H22Br2ClFN4O3. The van der Waals surface area contributed by atoms with E-state index in [1.165, 1.54) is 35.2 Å². The first kappa shape index (κ1) is 27.9. The number of unbranched alkanes of at least 4 members (excludes halogenated alkanes) is 1. The van der Waals surface area contributed by atoms with Gasteiger partial charge in [0.15, 0.2) is 6.61 Å². The Morgan fingerprint density at radius 2 is 1.95 bits per heavy atom. The van der Waals surface area contributed by atoms with Gasteiger partial charge in [-0.2, -0.15) is 9.78 Å². The van der Waals surface area contributed by atoms with Crippen LogP contribution in [0.25, 0.3) is 10.9 Å². The maximum atomic E-state index is 13.4. The number of anilines is 1. The minimum atomic E-state index is -0.441. The predicted molar refractivity (Wildman–Crippen MR) is 155 cm³/mol. The van der Waals surface area contributed by atoms with Gasteiger partial charge in [-0.1, -0.05) is 40.9 Å². The third kappa shape index (κ3) is 6.86. The Balaban J connectivity index is 1.65. The lowest BCUT2D eigenvalue weighted by Gasteiger charge is -2.13. The average Bonchev–Trinajstić information content (AvgIpc) is 2.88. The van der Waals surface area contributed by atoms with Crippen LogP contribution >= 0.6 is 43.5 Å². The zero-order valence-corrected chi connectivity index (χ0v) is 24.1. The van der Waals surface area contributed by atoms with Crippen molar-refractivity contribution in [2.75, 3.05) is 11.9 Å². The quantitative estimate of drug-likeness (QED) is 0.196. The lowest BCUT2D eigenvalue weighted by molar-refractivity contribution is -0.118. The number of nitrogens with one attached hydrogen (secondary N) is 1. The lowest BCUT2D eigenvalue weighted by Crippen LogP contribution is -2.23. The number of aromatic nitrogens is 2. The van der Waals surface area contributed by atoms with E-state index >= 15 is 0 Å². The van der Waals surface area contributed by atoms with E-state index in [-0.39, 0.29) is 12.2 Å². The summed E-state index contributed by atoms with van der Waals surface area (Å²) < 4.78 is 21.5. The first-order valence-corrected chi connectivity index (χ1v) is 13.6. The van der Waals surface area contributed by atoms with Gasteiger partial charge in [0.25, 0.3) is 11.5 Å². The minimum absolute atomic E-state index is 0.305. The highest BCUT2D eigenvalue weighted by molar-refractivity contribution is 9.10. The monoisotopic (exact) mass is 662 g/mol. The Labute approximate surface area is 239 Å². The normalized spacial score (nSPS) is 11.3. The number of hydrogen-bond donors (Lipinski definition) is 1. The van der Waals surface area contributed by atoms with Crippen LogP contribution in [0.1, 0.15) is 31.2 Å². The topological polar surface area (TPSA) is 85.6 Å². The van der Waals surface area contributed by atoms with E-state index in [2.05, 4.69) is 54.2 Å². The molecule has 0 fully saturated rings. The molecule has 0 aliphatic carbocycles. The first-order chi connectivity index (χ1) is 18.2. The van der Waals surface area contributed by atoms with Gasteiger partial charge in [-0.15, -0.1) is 0 Å². The van der Waals surface area contributed by atoms with Crippen molar-refractivity contribution >= 4 is 72.2 Å². The van der Waals surface area contributed by atoms with E-state index < -0.39 is 11.7 Å². The third-order valence-corrected chi connectivity index (χ3v) is 6.75. The number of aryl methyl sites for hydroxylation is 1. The number of ether oxygens (including phenoxy) is 1. The van der Waals surface area contributed by atoms with Crippen LogP contribution in [0.3, 0.4) is 0 Å². The summed E-state index contributed by atoms with van der Waals surface area (Å²) in [5, 5.41) is 7.93. The molecule has 11 heteroatoms. The molecule has 0 spiro atoms. The highest BCUT2D eigenvalue weighted by Gasteiger charge is 2.14. The third-order valence-electron chi connectivity index (χ3n) is 5.45. The van der Waals surface area contributed by atoms with Crippen LogP contribution in [0.15, 0.2) is 73.4 Å². The molecule has 7 nitrogen and oxygen atoms in total. The largest absolute Gasteiger partial charge is 0.482 e. The zero-order valence-electron chi connectivity index (χ0n) is 20.2. The van der Waals surface area contributed by atoms with Crippen LogP contribution in [0, 0.1) is 5.82 Å². The summed E-state index contributed by atoms with van der Waals surface area (Å²) in [7, 11) is 0. The molecule has 0 aliphatic heterocycles. The summed E-state index contributed by atoms with van der Waals surface area (Å²) in [5.41, 5.74) is 1.17. The Kier molecular flexibility index (Phi) is 9.30. The molecule has 1 aromatic heterocycles. The Hall–Kier alpha value is -3.08. The van der Waals surface area contributed by atoms with Crippen molar-refractivity contribution in [1.82, 2.24) is 9.66 Å². The van der Waals surface area contributed by atoms with Crippen molar-refractivity contribution in [3.63, 3.8) is 0 Å². The first-order valence-electron chi connectivity index (χ1n) is 11.7.